The molecular weight excluding hydrogens is 492 g/mol. The van der Waals surface area contributed by atoms with Gasteiger partial charge in [-0.3, -0.25) is 9.13 Å². The third-order valence-corrected chi connectivity index (χ3v) is 9.54. The Morgan fingerprint density at radius 2 is 1.88 bits per heavy atom. The maximum Gasteiger partial charge on any atom is 0.371 e. The zero-order chi connectivity index (χ0) is 24.9. The Morgan fingerprint density at radius 3 is 2.50 bits per heavy atom. The zero-order valence-corrected chi connectivity index (χ0v) is 21.1. The van der Waals surface area contributed by atoms with Crippen molar-refractivity contribution >= 4 is 32.2 Å². The molecule has 1 aliphatic carbocycles. The first kappa shape index (κ1) is 27.0. The highest BCUT2D eigenvalue weighted by molar-refractivity contribution is 7.71. The van der Waals surface area contributed by atoms with Crippen molar-refractivity contribution < 1.29 is 42.2 Å². The van der Waals surface area contributed by atoms with Crippen LogP contribution in [0.3, 0.4) is 0 Å². The number of nitrogens with zero attached hydrogens (tertiary/aromatic N) is 4. The van der Waals surface area contributed by atoms with E-state index >= 15 is 0 Å². The van der Waals surface area contributed by atoms with Gasteiger partial charge in [0.15, 0.2) is 17.0 Å². The molecule has 0 aliphatic heterocycles. The van der Waals surface area contributed by atoms with Gasteiger partial charge in [0.05, 0.1) is 38.3 Å². The molecular formula is C18H31N5O9P2. The van der Waals surface area contributed by atoms with Crippen molar-refractivity contribution in [3.63, 3.8) is 0 Å². The van der Waals surface area contributed by atoms with Crippen LogP contribution in [-0.4, -0.2) is 74.5 Å². The molecule has 0 saturated heterocycles. The van der Waals surface area contributed by atoms with Gasteiger partial charge < -0.3 is 43.3 Å². The second-order valence-corrected chi connectivity index (χ2v) is 11.6. The summed E-state index contributed by atoms with van der Waals surface area (Å²) in [6.45, 7) is 3.52. The molecule has 1 fully saturated rings. The lowest BCUT2D eigenvalue weighted by Gasteiger charge is -2.31. The number of nitrogens with two attached hydrogens (primary N) is 1. The molecule has 16 heteroatoms. The highest BCUT2D eigenvalue weighted by Gasteiger charge is 2.51. The van der Waals surface area contributed by atoms with Gasteiger partial charge in [-0.2, -0.15) is 9.97 Å². The molecule has 1 saturated carbocycles. The van der Waals surface area contributed by atoms with Crippen LogP contribution in [0.1, 0.15) is 39.2 Å². The fourth-order valence-corrected chi connectivity index (χ4v) is 7.39. The number of fused-ring (bicyclic) bond motifs is 1. The van der Waals surface area contributed by atoms with Gasteiger partial charge in [-0.05, 0) is 33.1 Å². The number of anilines is 1. The number of imidazole rings is 1. The Kier molecular flexibility index (Phi) is 9.04. The second kappa shape index (κ2) is 11.4. The number of rotatable bonds is 13. The van der Waals surface area contributed by atoms with E-state index in [1.165, 1.54) is 13.4 Å². The Balaban J connectivity index is 1.93. The lowest BCUT2D eigenvalue weighted by molar-refractivity contribution is 0.0166. The van der Waals surface area contributed by atoms with E-state index < -0.39 is 32.9 Å². The summed E-state index contributed by atoms with van der Waals surface area (Å²) in [5.74, 6) is 0.122. The number of nitrogen functional groups attached to an aromatic ring is 1. The summed E-state index contributed by atoms with van der Waals surface area (Å²) < 4.78 is 53.8. The fourth-order valence-electron chi connectivity index (χ4n) is 3.84. The molecule has 3 rings (SSSR count). The minimum Gasteiger partial charge on any atom is -0.461 e. The van der Waals surface area contributed by atoms with Crippen LogP contribution in [0.4, 0.5) is 5.82 Å². The van der Waals surface area contributed by atoms with Gasteiger partial charge in [0.25, 0.3) is 5.59 Å². The van der Waals surface area contributed by atoms with Gasteiger partial charge in [0, 0.05) is 7.11 Å². The lowest BCUT2D eigenvalue weighted by atomic mass is 10.2. The van der Waals surface area contributed by atoms with Crippen LogP contribution >= 0.6 is 15.2 Å². The minimum atomic E-state index is -5.03. The molecule has 0 amide bonds. The van der Waals surface area contributed by atoms with Gasteiger partial charge >= 0.3 is 21.2 Å². The average Bonchev–Trinajstić information content (AvgIpc) is 3.38. The maximum absolute atomic E-state index is 13.2. The van der Waals surface area contributed by atoms with Crippen molar-refractivity contribution in [2.24, 2.45) is 0 Å². The molecule has 2 aromatic rings. The van der Waals surface area contributed by atoms with Crippen LogP contribution in [0.25, 0.3) is 11.2 Å². The van der Waals surface area contributed by atoms with Crippen molar-refractivity contribution in [1.82, 2.24) is 19.5 Å². The standard InChI is InChI=1S/C18H31N5O9P2/c1-4-30-34(27,31-5-2)18(33(24,25)26)32-13-8-6-7-12(13)23-11-20-14-15(19)21-17(22-16(14)23)29-10-9-28-3/h11-13,18H,4-10H2,1-3H3,(H2,19,21,22)(H2,24,25,26). The highest BCUT2D eigenvalue weighted by atomic mass is 31.2. The maximum atomic E-state index is 13.2. The molecule has 192 valence electrons. The summed E-state index contributed by atoms with van der Waals surface area (Å²) in [6, 6.07) is -0.374. The number of aromatic nitrogens is 4. The first-order valence-electron chi connectivity index (χ1n) is 10.9. The van der Waals surface area contributed by atoms with Crippen molar-refractivity contribution in [2.75, 3.05) is 39.3 Å². The van der Waals surface area contributed by atoms with E-state index in [2.05, 4.69) is 15.0 Å². The molecule has 34 heavy (non-hydrogen) atoms. The molecule has 3 unspecified atom stereocenters. The van der Waals surface area contributed by atoms with E-state index in [-0.39, 0.29) is 31.6 Å². The van der Waals surface area contributed by atoms with Crippen LogP contribution in [0.5, 0.6) is 6.01 Å². The molecule has 14 nitrogen and oxygen atoms in total. The van der Waals surface area contributed by atoms with Crippen LogP contribution in [-0.2, 0) is 27.7 Å². The van der Waals surface area contributed by atoms with Gasteiger partial charge in [0.1, 0.15) is 6.61 Å². The highest BCUT2D eigenvalue weighted by Crippen LogP contribution is 2.67. The lowest BCUT2D eigenvalue weighted by Crippen LogP contribution is -2.28. The summed E-state index contributed by atoms with van der Waals surface area (Å²) in [5.41, 5.74) is 4.70. The quantitative estimate of drug-likeness (QED) is 0.256. The molecule has 0 radical (unpaired) electrons. The second-order valence-electron chi connectivity index (χ2n) is 7.52. The molecule has 0 spiro atoms. The van der Waals surface area contributed by atoms with Gasteiger partial charge in [-0.25, -0.2) is 4.98 Å². The summed E-state index contributed by atoms with van der Waals surface area (Å²) in [7, 11) is -7.76. The Morgan fingerprint density at radius 1 is 1.18 bits per heavy atom. The summed E-state index contributed by atoms with van der Waals surface area (Å²) in [4.78, 5) is 32.7. The topological polar surface area (TPSA) is 190 Å². The number of hydrogen-bond donors (Lipinski definition) is 3. The smallest absolute Gasteiger partial charge is 0.371 e. The Bertz CT molecular complexity index is 1050. The SMILES string of the molecule is CCOP(=O)(OCC)C(OC1CCCC1n1cnc2c(N)nc(OCCOC)nc21)P(=O)(O)O. The van der Waals surface area contributed by atoms with Crippen molar-refractivity contribution in [1.29, 1.82) is 0 Å². The fraction of sp³-hybridized carbons (Fsp3) is 0.722. The third kappa shape index (κ3) is 5.95. The van der Waals surface area contributed by atoms with E-state index in [1.807, 2.05) is 0 Å². The van der Waals surface area contributed by atoms with Crippen molar-refractivity contribution in [3.8, 4) is 6.01 Å². The van der Waals surface area contributed by atoms with Crippen LogP contribution in [0.2, 0.25) is 0 Å². The number of methoxy groups -OCH3 is 1. The van der Waals surface area contributed by atoms with Gasteiger partial charge in [-0.15, -0.1) is 0 Å². The van der Waals surface area contributed by atoms with E-state index in [1.54, 1.807) is 18.4 Å². The van der Waals surface area contributed by atoms with Crippen LogP contribution in [0.15, 0.2) is 6.33 Å². The molecule has 0 bridgehead atoms. The van der Waals surface area contributed by atoms with Gasteiger partial charge in [0.2, 0.25) is 0 Å². The predicted molar refractivity (Wildman–Crippen MR) is 122 cm³/mol. The Hall–Kier alpha value is -1.63. The number of hydrogen-bond acceptors (Lipinski definition) is 11. The first-order valence-corrected chi connectivity index (χ1v) is 14.1. The largest absolute Gasteiger partial charge is 0.461 e. The molecule has 3 atom stereocenters. The van der Waals surface area contributed by atoms with Crippen molar-refractivity contribution in [3.05, 3.63) is 6.33 Å². The monoisotopic (exact) mass is 523 g/mol. The summed E-state index contributed by atoms with van der Waals surface area (Å²) >= 11 is 0. The molecule has 1 aliphatic rings. The summed E-state index contributed by atoms with van der Waals surface area (Å²) in [5, 5.41) is 0. The first-order chi connectivity index (χ1) is 16.1. The third-order valence-electron chi connectivity index (χ3n) is 5.19. The van der Waals surface area contributed by atoms with Crippen molar-refractivity contribution in [2.45, 2.75) is 50.8 Å². The average molecular weight is 523 g/mol. The summed E-state index contributed by atoms with van der Waals surface area (Å²) in [6.07, 6.45) is 2.53. The van der Waals surface area contributed by atoms with E-state index in [0.717, 1.165) is 0 Å². The molecule has 0 aromatic carbocycles. The normalized spacial score (nSPS) is 20.1. The van der Waals surface area contributed by atoms with E-state index in [0.29, 0.717) is 37.0 Å². The zero-order valence-electron chi connectivity index (χ0n) is 19.3. The molecule has 4 N–H and O–H groups in total. The van der Waals surface area contributed by atoms with E-state index in [9.17, 15) is 18.9 Å². The Labute approximate surface area is 196 Å². The van der Waals surface area contributed by atoms with Crippen LogP contribution in [0, 0.1) is 0 Å². The number of ether oxygens (including phenoxy) is 3. The van der Waals surface area contributed by atoms with Crippen LogP contribution < -0.4 is 10.5 Å². The van der Waals surface area contributed by atoms with Gasteiger partial charge in [-0.1, -0.05) is 0 Å². The minimum absolute atomic E-state index is 0.0459. The molecule has 2 heterocycles. The molecule has 2 aromatic heterocycles. The van der Waals surface area contributed by atoms with E-state index in [4.69, 9.17) is 29.0 Å². The predicted octanol–water partition coefficient (Wildman–Crippen LogP) is 2.27.